The SMILES string of the molecule is Oc1cc(F)ccc1Oc1ccccc1-c1nn[nH]n1. The van der Waals surface area contributed by atoms with Crippen LogP contribution in [-0.2, 0) is 0 Å². The molecule has 0 amide bonds. The molecule has 0 saturated carbocycles. The summed E-state index contributed by atoms with van der Waals surface area (Å²) in [6.07, 6.45) is 0. The van der Waals surface area contributed by atoms with Crippen molar-refractivity contribution in [1.82, 2.24) is 20.6 Å². The molecule has 0 aliphatic rings. The monoisotopic (exact) mass is 272 g/mol. The van der Waals surface area contributed by atoms with E-state index in [0.717, 1.165) is 6.07 Å². The van der Waals surface area contributed by atoms with E-state index >= 15 is 0 Å². The van der Waals surface area contributed by atoms with E-state index in [9.17, 15) is 9.50 Å². The van der Waals surface area contributed by atoms with E-state index in [-0.39, 0.29) is 11.5 Å². The van der Waals surface area contributed by atoms with E-state index in [1.807, 2.05) is 0 Å². The summed E-state index contributed by atoms with van der Waals surface area (Å²) in [7, 11) is 0. The Morgan fingerprint density at radius 1 is 1.10 bits per heavy atom. The molecular weight excluding hydrogens is 263 g/mol. The molecule has 0 bridgehead atoms. The number of hydrogen-bond donors (Lipinski definition) is 2. The smallest absolute Gasteiger partial charge is 0.208 e. The highest BCUT2D eigenvalue weighted by Gasteiger charge is 2.12. The number of halogens is 1. The van der Waals surface area contributed by atoms with Crippen LogP contribution in [0.2, 0.25) is 0 Å². The first-order valence-electron chi connectivity index (χ1n) is 5.73. The fraction of sp³-hybridized carbons (Fsp3) is 0. The number of nitrogens with zero attached hydrogens (tertiary/aromatic N) is 3. The molecule has 7 heteroatoms. The first-order chi connectivity index (χ1) is 9.74. The van der Waals surface area contributed by atoms with Crippen molar-refractivity contribution in [2.24, 2.45) is 0 Å². The van der Waals surface area contributed by atoms with Gasteiger partial charge in [0.2, 0.25) is 5.82 Å². The fourth-order valence-corrected chi connectivity index (χ4v) is 1.71. The topological polar surface area (TPSA) is 83.9 Å². The van der Waals surface area contributed by atoms with Gasteiger partial charge in [-0.25, -0.2) is 4.39 Å². The van der Waals surface area contributed by atoms with Crippen LogP contribution in [0.25, 0.3) is 11.4 Å². The third-order valence-electron chi connectivity index (χ3n) is 2.61. The number of H-pyrrole nitrogens is 1. The van der Waals surface area contributed by atoms with E-state index < -0.39 is 5.82 Å². The quantitative estimate of drug-likeness (QED) is 0.765. The number of phenolic OH excluding ortho intramolecular Hbond substituents is 1. The zero-order valence-corrected chi connectivity index (χ0v) is 10.1. The van der Waals surface area contributed by atoms with Crippen LogP contribution in [0.3, 0.4) is 0 Å². The highest BCUT2D eigenvalue weighted by Crippen LogP contribution is 2.35. The molecule has 0 unspecified atom stereocenters. The zero-order valence-electron chi connectivity index (χ0n) is 10.1. The second kappa shape index (κ2) is 4.96. The Balaban J connectivity index is 1.99. The van der Waals surface area contributed by atoms with E-state index in [4.69, 9.17) is 4.74 Å². The van der Waals surface area contributed by atoms with Crippen LogP contribution in [-0.4, -0.2) is 25.7 Å². The number of tetrazole rings is 1. The molecule has 20 heavy (non-hydrogen) atoms. The van der Waals surface area contributed by atoms with Gasteiger partial charge in [-0.3, -0.25) is 0 Å². The van der Waals surface area contributed by atoms with Crippen molar-refractivity contribution in [1.29, 1.82) is 0 Å². The van der Waals surface area contributed by atoms with Crippen LogP contribution in [0.5, 0.6) is 17.2 Å². The minimum Gasteiger partial charge on any atom is -0.504 e. The van der Waals surface area contributed by atoms with E-state index in [2.05, 4.69) is 20.6 Å². The largest absolute Gasteiger partial charge is 0.504 e. The molecule has 0 radical (unpaired) electrons. The van der Waals surface area contributed by atoms with Gasteiger partial charge in [-0.2, -0.15) is 5.21 Å². The van der Waals surface area contributed by atoms with Crippen molar-refractivity contribution < 1.29 is 14.2 Å². The molecule has 100 valence electrons. The van der Waals surface area contributed by atoms with Gasteiger partial charge in [-0.1, -0.05) is 12.1 Å². The van der Waals surface area contributed by atoms with Crippen molar-refractivity contribution in [3.8, 4) is 28.6 Å². The number of aromatic nitrogens is 4. The summed E-state index contributed by atoms with van der Waals surface area (Å²) in [5.74, 6) is 0.106. The van der Waals surface area contributed by atoms with Gasteiger partial charge < -0.3 is 9.84 Å². The van der Waals surface area contributed by atoms with Crippen molar-refractivity contribution >= 4 is 0 Å². The predicted octanol–water partition coefficient (Wildman–Crippen LogP) is 2.50. The molecule has 6 nitrogen and oxygen atoms in total. The molecular formula is C13H9FN4O2. The molecule has 0 spiro atoms. The average molecular weight is 272 g/mol. The second-order valence-electron chi connectivity index (χ2n) is 3.95. The standard InChI is InChI=1S/C13H9FN4O2/c14-8-5-6-12(10(19)7-8)20-11-4-2-1-3-9(11)13-15-17-18-16-13/h1-7,19H,(H,15,16,17,18). The van der Waals surface area contributed by atoms with Crippen LogP contribution in [0.1, 0.15) is 0 Å². The van der Waals surface area contributed by atoms with Crippen LogP contribution < -0.4 is 4.74 Å². The number of nitrogens with one attached hydrogen (secondary N) is 1. The molecule has 2 N–H and O–H groups in total. The number of para-hydroxylation sites is 1. The van der Waals surface area contributed by atoms with Gasteiger partial charge in [0.1, 0.15) is 11.6 Å². The number of rotatable bonds is 3. The summed E-state index contributed by atoms with van der Waals surface area (Å²) in [4.78, 5) is 0. The van der Waals surface area contributed by atoms with Crippen molar-refractivity contribution in [2.45, 2.75) is 0 Å². The predicted molar refractivity (Wildman–Crippen MR) is 67.8 cm³/mol. The molecule has 0 fully saturated rings. The van der Waals surface area contributed by atoms with Crippen molar-refractivity contribution in [3.63, 3.8) is 0 Å². The molecule has 0 aliphatic carbocycles. The number of aromatic hydroxyl groups is 1. The number of ether oxygens (including phenoxy) is 1. The first-order valence-corrected chi connectivity index (χ1v) is 5.73. The van der Waals surface area contributed by atoms with Gasteiger partial charge in [-0.05, 0) is 29.5 Å². The summed E-state index contributed by atoms with van der Waals surface area (Å²) in [5.41, 5.74) is 0.602. The molecule has 0 saturated heterocycles. The number of benzene rings is 2. The molecule has 0 atom stereocenters. The summed E-state index contributed by atoms with van der Waals surface area (Å²) < 4.78 is 18.5. The summed E-state index contributed by atoms with van der Waals surface area (Å²) in [6.45, 7) is 0. The molecule has 3 rings (SSSR count). The van der Waals surface area contributed by atoms with Crippen LogP contribution in [0.15, 0.2) is 42.5 Å². The number of aromatic amines is 1. The average Bonchev–Trinajstić information content (AvgIpc) is 2.96. The lowest BCUT2D eigenvalue weighted by atomic mass is 10.2. The maximum absolute atomic E-state index is 12.9. The fourth-order valence-electron chi connectivity index (χ4n) is 1.71. The van der Waals surface area contributed by atoms with Crippen molar-refractivity contribution in [2.75, 3.05) is 0 Å². The third-order valence-corrected chi connectivity index (χ3v) is 2.61. The Morgan fingerprint density at radius 3 is 2.70 bits per heavy atom. The van der Waals surface area contributed by atoms with Crippen LogP contribution in [0.4, 0.5) is 4.39 Å². The van der Waals surface area contributed by atoms with Gasteiger partial charge in [-0.15, -0.1) is 10.2 Å². The zero-order chi connectivity index (χ0) is 13.9. The highest BCUT2D eigenvalue weighted by atomic mass is 19.1. The van der Waals surface area contributed by atoms with E-state index in [1.165, 1.54) is 12.1 Å². The van der Waals surface area contributed by atoms with Gasteiger partial charge in [0.05, 0.1) is 5.56 Å². The molecule has 2 aromatic carbocycles. The van der Waals surface area contributed by atoms with E-state index in [1.54, 1.807) is 24.3 Å². The molecule has 3 aromatic rings. The minimum absolute atomic E-state index is 0.141. The normalized spacial score (nSPS) is 10.4. The molecule has 1 aromatic heterocycles. The van der Waals surface area contributed by atoms with Gasteiger partial charge in [0, 0.05) is 6.07 Å². The van der Waals surface area contributed by atoms with Gasteiger partial charge in [0.15, 0.2) is 11.5 Å². The lowest BCUT2D eigenvalue weighted by Crippen LogP contribution is -1.90. The highest BCUT2D eigenvalue weighted by molar-refractivity contribution is 5.64. The lowest BCUT2D eigenvalue weighted by Gasteiger charge is -2.10. The Hall–Kier alpha value is -2.96. The van der Waals surface area contributed by atoms with Gasteiger partial charge in [0.25, 0.3) is 0 Å². The summed E-state index contributed by atoms with van der Waals surface area (Å²) >= 11 is 0. The summed E-state index contributed by atoms with van der Waals surface area (Å²) in [5, 5.41) is 23.2. The first kappa shape index (κ1) is 12.1. The minimum atomic E-state index is -0.540. The van der Waals surface area contributed by atoms with Gasteiger partial charge >= 0.3 is 0 Å². The lowest BCUT2D eigenvalue weighted by molar-refractivity contribution is 0.408. The maximum atomic E-state index is 12.9. The Kier molecular flexibility index (Phi) is 3.00. The Labute approximate surface area is 112 Å². The summed E-state index contributed by atoms with van der Waals surface area (Å²) in [6, 6.07) is 10.5. The number of phenols is 1. The maximum Gasteiger partial charge on any atom is 0.208 e. The van der Waals surface area contributed by atoms with Crippen LogP contribution >= 0.6 is 0 Å². The molecule has 1 heterocycles. The Morgan fingerprint density at radius 2 is 1.95 bits per heavy atom. The third kappa shape index (κ3) is 2.28. The second-order valence-corrected chi connectivity index (χ2v) is 3.95. The van der Waals surface area contributed by atoms with Crippen molar-refractivity contribution in [3.05, 3.63) is 48.3 Å². The number of hydrogen-bond acceptors (Lipinski definition) is 5. The van der Waals surface area contributed by atoms with E-state index in [0.29, 0.717) is 17.1 Å². The van der Waals surface area contributed by atoms with Crippen LogP contribution in [0, 0.1) is 5.82 Å². The Bertz CT molecular complexity index is 731. The molecule has 0 aliphatic heterocycles.